The fourth-order valence-electron chi connectivity index (χ4n) is 5.03. The molecule has 0 unspecified atom stereocenters. The Bertz CT molecular complexity index is 1340. The van der Waals surface area contributed by atoms with Gasteiger partial charge in [0.05, 0.1) is 13.7 Å². The van der Waals surface area contributed by atoms with Crippen molar-refractivity contribution in [3.05, 3.63) is 95.0 Å². The van der Waals surface area contributed by atoms with E-state index in [1.54, 1.807) is 26.3 Å². The number of hydrogen-bond acceptors (Lipinski definition) is 6. The molecule has 208 valence electrons. The summed E-state index contributed by atoms with van der Waals surface area (Å²) >= 11 is 6.00. The van der Waals surface area contributed by atoms with Crippen molar-refractivity contribution in [2.75, 3.05) is 19.5 Å². The number of hydrogen-bond donors (Lipinski definition) is 2. The van der Waals surface area contributed by atoms with Gasteiger partial charge in [-0.1, -0.05) is 73.0 Å². The lowest BCUT2D eigenvalue weighted by Gasteiger charge is -2.34. The molecule has 1 saturated carbocycles. The van der Waals surface area contributed by atoms with Crippen molar-refractivity contribution in [2.24, 2.45) is 0 Å². The number of ether oxygens (including phenoxy) is 1. The van der Waals surface area contributed by atoms with Gasteiger partial charge in [0.2, 0.25) is 5.91 Å². The van der Waals surface area contributed by atoms with Crippen molar-refractivity contribution in [1.29, 1.82) is 5.26 Å². The van der Waals surface area contributed by atoms with Crippen LogP contribution in [-0.4, -0.2) is 47.6 Å². The summed E-state index contributed by atoms with van der Waals surface area (Å²) in [5.74, 6) is 0.0635. The van der Waals surface area contributed by atoms with Crippen molar-refractivity contribution < 1.29 is 14.3 Å². The smallest absolute Gasteiger partial charge is 0.264 e. The highest BCUT2D eigenvalue weighted by Crippen LogP contribution is 2.34. The molecule has 1 aliphatic carbocycles. The molecule has 0 radical (unpaired) electrons. The predicted molar refractivity (Wildman–Crippen MR) is 155 cm³/mol. The monoisotopic (exact) mass is 559 g/mol. The van der Waals surface area contributed by atoms with E-state index in [9.17, 15) is 14.9 Å². The largest absolute Gasteiger partial charge is 0.497 e. The van der Waals surface area contributed by atoms with Crippen LogP contribution in [0.5, 0.6) is 5.75 Å². The van der Waals surface area contributed by atoms with Gasteiger partial charge in [-0.2, -0.15) is 5.26 Å². The Morgan fingerprint density at radius 3 is 2.38 bits per heavy atom. The van der Waals surface area contributed by atoms with E-state index in [-0.39, 0.29) is 24.8 Å². The maximum atomic E-state index is 13.9. The zero-order valence-electron chi connectivity index (χ0n) is 22.8. The molecule has 0 aliphatic heterocycles. The third-order valence-electron chi connectivity index (χ3n) is 7.27. The summed E-state index contributed by atoms with van der Waals surface area (Å²) in [6, 6.07) is 23.2. The summed E-state index contributed by atoms with van der Waals surface area (Å²) in [5.41, 5.74) is 1.63. The van der Waals surface area contributed by atoms with E-state index < -0.39 is 11.6 Å². The SMILES string of the molecule is COc1cccc(NC2(C(=O)N[C@@H](Cc3ccccc3)C(=O)N(C)N(C#N)Cc3ccc(Cl)cc3)CCCC2)c1. The van der Waals surface area contributed by atoms with Crippen molar-refractivity contribution in [3.8, 4) is 11.9 Å². The van der Waals surface area contributed by atoms with Crippen molar-refractivity contribution in [1.82, 2.24) is 15.3 Å². The van der Waals surface area contributed by atoms with Crippen LogP contribution < -0.4 is 15.4 Å². The Morgan fingerprint density at radius 2 is 1.73 bits per heavy atom. The molecule has 8 nitrogen and oxygen atoms in total. The summed E-state index contributed by atoms with van der Waals surface area (Å²) in [6.07, 6.45) is 5.44. The van der Waals surface area contributed by atoms with E-state index in [2.05, 4.69) is 16.8 Å². The lowest BCUT2D eigenvalue weighted by atomic mass is 9.94. The lowest BCUT2D eigenvalue weighted by Crippen LogP contribution is -2.58. The van der Waals surface area contributed by atoms with Crippen LogP contribution in [0.25, 0.3) is 0 Å². The number of hydrazine groups is 1. The van der Waals surface area contributed by atoms with E-state index in [1.807, 2.05) is 66.7 Å². The number of likely N-dealkylation sites (N-methyl/N-ethyl adjacent to an activating group) is 1. The molecule has 3 aromatic carbocycles. The third kappa shape index (κ3) is 7.04. The molecule has 1 atom stereocenters. The van der Waals surface area contributed by atoms with Crippen LogP contribution in [0.2, 0.25) is 5.02 Å². The Kier molecular flexibility index (Phi) is 9.52. The van der Waals surface area contributed by atoms with Gasteiger partial charge < -0.3 is 15.4 Å². The highest BCUT2D eigenvalue weighted by Gasteiger charge is 2.43. The first kappa shape index (κ1) is 28.8. The van der Waals surface area contributed by atoms with Crippen LogP contribution in [0.3, 0.4) is 0 Å². The lowest BCUT2D eigenvalue weighted by molar-refractivity contribution is -0.146. The molecule has 2 N–H and O–H groups in total. The minimum absolute atomic E-state index is 0.184. The highest BCUT2D eigenvalue weighted by molar-refractivity contribution is 6.30. The van der Waals surface area contributed by atoms with Crippen LogP contribution in [-0.2, 0) is 22.6 Å². The number of rotatable bonds is 11. The number of carbonyl (C=O) groups is 2. The maximum Gasteiger partial charge on any atom is 0.264 e. The first-order valence-corrected chi connectivity index (χ1v) is 13.7. The minimum atomic E-state index is -0.884. The zero-order chi connectivity index (χ0) is 28.5. The zero-order valence-corrected chi connectivity index (χ0v) is 23.5. The first-order valence-electron chi connectivity index (χ1n) is 13.3. The summed E-state index contributed by atoms with van der Waals surface area (Å²) < 4.78 is 5.35. The fraction of sp³-hybridized carbons (Fsp3) is 0.323. The van der Waals surface area contributed by atoms with Gasteiger partial charge in [0, 0.05) is 30.2 Å². The third-order valence-corrected chi connectivity index (χ3v) is 7.53. The van der Waals surface area contributed by atoms with Gasteiger partial charge in [-0.3, -0.25) is 9.59 Å². The predicted octanol–water partition coefficient (Wildman–Crippen LogP) is 5.16. The second kappa shape index (κ2) is 13.2. The second-order valence-electron chi connectivity index (χ2n) is 10.0. The number of amides is 2. The number of benzene rings is 3. The molecule has 2 amide bonds. The molecule has 0 spiro atoms. The van der Waals surface area contributed by atoms with E-state index >= 15 is 0 Å². The molecule has 0 aromatic heterocycles. The molecule has 3 aromatic rings. The van der Waals surface area contributed by atoms with Gasteiger partial charge in [0.25, 0.3) is 5.91 Å². The number of methoxy groups -OCH3 is 1. The van der Waals surface area contributed by atoms with Crippen LogP contribution in [0.1, 0.15) is 36.8 Å². The van der Waals surface area contributed by atoms with Crippen LogP contribution >= 0.6 is 11.6 Å². The van der Waals surface area contributed by atoms with Crippen molar-refractivity contribution >= 4 is 29.1 Å². The summed E-state index contributed by atoms with van der Waals surface area (Å²) in [5, 5.41) is 19.5. The highest BCUT2D eigenvalue weighted by atomic mass is 35.5. The molecule has 1 fully saturated rings. The van der Waals surface area contributed by atoms with Crippen molar-refractivity contribution in [3.63, 3.8) is 0 Å². The number of nitrogens with zero attached hydrogens (tertiary/aromatic N) is 3. The van der Waals surface area contributed by atoms with Gasteiger partial charge in [0.1, 0.15) is 17.3 Å². The normalized spacial score (nSPS) is 14.4. The average molecular weight is 560 g/mol. The van der Waals surface area contributed by atoms with E-state index in [0.717, 1.165) is 29.7 Å². The topological polar surface area (TPSA) is 97.7 Å². The number of anilines is 1. The molecule has 0 heterocycles. The van der Waals surface area contributed by atoms with Gasteiger partial charge in [-0.05, 0) is 48.2 Å². The summed E-state index contributed by atoms with van der Waals surface area (Å²) in [4.78, 5) is 27.8. The Labute approximate surface area is 240 Å². The van der Waals surface area contributed by atoms with E-state index in [4.69, 9.17) is 16.3 Å². The molecule has 9 heteroatoms. The number of halogens is 1. The number of nitrogens with one attached hydrogen (secondary N) is 2. The van der Waals surface area contributed by atoms with Gasteiger partial charge >= 0.3 is 0 Å². The maximum absolute atomic E-state index is 13.9. The van der Waals surface area contributed by atoms with Gasteiger partial charge in [-0.15, -0.1) is 0 Å². The Hall–Kier alpha value is -4.22. The quantitative estimate of drug-likeness (QED) is 0.191. The van der Waals surface area contributed by atoms with Gasteiger partial charge in [0.15, 0.2) is 6.19 Å². The summed E-state index contributed by atoms with van der Waals surface area (Å²) in [6.45, 7) is 0.184. The molecule has 0 bridgehead atoms. The van der Waals surface area contributed by atoms with Crippen LogP contribution in [0, 0.1) is 11.5 Å². The number of nitriles is 1. The van der Waals surface area contributed by atoms with E-state index in [1.165, 1.54) is 10.0 Å². The summed E-state index contributed by atoms with van der Waals surface area (Å²) in [7, 11) is 3.15. The van der Waals surface area contributed by atoms with Crippen molar-refractivity contribution in [2.45, 2.75) is 50.2 Å². The Balaban J connectivity index is 1.56. The standard InChI is InChI=1S/C31H34ClN5O3/c1-36(37(22-33)21-24-13-15-25(32)16-14-24)29(38)28(19-23-9-4-3-5-10-23)34-30(39)31(17-6-7-18-31)35-26-11-8-12-27(20-26)40-2/h3-5,8-16,20,28,35H,6-7,17-19,21H2,1-2H3,(H,34,39)/t28-/m0/s1. The molecule has 40 heavy (non-hydrogen) atoms. The molecular formula is C31H34ClN5O3. The fourth-order valence-corrected chi connectivity index (χ4v) is 5.15. The van der Waals surface area contributed by atoms with Crippen LogP contribution in [0.15, 0.2) is 78.9 Å². The number of carbonyl (C=O) groups excluding carboxylic acids is 2. The van der Waals surface area contributed by atoms with E-state index in [0.29, 0.717) is 23.6 Å². The molecule has 1 aliphatic rings. The molecular weight excluding hydrogens is 526 g/mol. The first-order chi connectivity index (χ1) is 19.3. The average Bonchev–Trinajstić information content (AvgIpc) is 3.46. The minimum Gasteiger partial charge on any atom is -0.497 e. The van der Waals surface area contributed by atoms with Crippen LogP contribution in [0.4, 0.5) is 5.69 Å². The second-order valence-corrected chi connectivity index (χ2v) is 10.4. The molecule has 0 saturated heterocycles. The molecule has 4 rings (SSSR count). The Morgan fingerprint density at radius 1 is 1.02 bits per heavy atom. The van der Waals surface area contributed by atoms with Gasteiger partial charge in [-0.25, -0.2) is 10.0 Å².